The summed E-state index contributed by atoms with van der Waals surface area (Å²) in [6.45, 7) is 6.63. The highest BCUT2D eigenvalue weighted by Crippen LogP contribution is 2.44. The highest BCUT2D eigenvalue weighted by atomic mass is 19.4. The van der Waals surface area contributed by atoms with Crippen LogP contribution in [0.3, 0.4) is 0 Å². The van der Waals surface area contributed by atoms with E-state index in [1.165, 1.54) is 20.1 Å². The van der Waals surface area contributed by atoms with E-state index in [1.54, 1.807) is 43.3 Å². The van der Waals surface area contributed by atoms with E-state index in [0.717, 1.165) is 15.8 Å². The van der Waals surface area contributed by atoms with Crippen molar-refractivity contribution in [2.24, 2.45) is 11.0 Å². The van der Waals surface area contributed by atoms with Crippen LogP contribution in [0.25, 0.3) is 10.9 Å². The van der Waals surface area contributed by atoms with Crippen LogP contribution < -0.4 is 10.3 Å². The van der Waals surface area contributed by atoms with Crippen LogP contribution in [0.5, 0.6) is 5.75 Å². The number of methoxy groups -OCH3 is 1. The normalized spacial score (nSPS) is 16.0. The smallest absolute Gasteiger partial charge is 0.422 e. The predicted octanol–water partition coefficient (Wildman–Crippen LogP) is 5.19. The summed E-state index contributed by atoms with van der Waals surface area (Å²) in [5.41, 5.74) is -1.26. The number of benzene rings is 2. The molecular formula is C25H27F3N2O3. The SMILES string of the molecule is COc1c(C(C)C(C)C(O)(C=Nn2c(=O)ccc3ccccc32)C(F)(F)F)ccc(C)c1C. The molecule has 3 atom stereocenters. The van der Waals surface area contributed by atoms with Gasteiger partial charge in [0.2, 0.25) is 5.60 Å². The Morgan fingerprint density at radius 3 is 2.36 bits per heavy atom. The number of hydrogen-bond donors (Lipinski definition) is 1. The average Bonchev–Trinajstić information content (AvgIpc) is 2.78. The van der Waals surface area contributed by atoms with Crippen molar-refractivity contribution < 1.29 is 23.0 Å². The zero-order valence-corrected chi connectivity index (χ0v) is 19.1. The van der Waals surface area contributed by atoms with Gasteiger partial charge >= 0.3 is 6.18 Å². The maximum Gasteiger partial charge on any atom is 0.422 e. The van der Waals surface area contributed by atoms with Crippen LogP contribution in [0.15, 0.2) is 58.4 Å². The standard InChI is InChI=1S/C25H27F3N2O3/c1-15-10-12-20(23(33-5)16(15)2)17(3)18(4)24(32,25(26,27)28)14-29-30-21-9-7-6-8-19(21)11-13-22(30)31/h6-14,17-18,32H,1-5H3. The lowest BCUT2D eigenvalue weighted by atomic mass is 9.76. The molecule has 0 spiro atoms. The molecule has 0 aliphatic rings. The van der Waals surface area contributed by atoms with Crippen LogP contribution >= 0.6 is 0 Å². The number of alkyl halides is 3. The summed E-state index contributed by atoms with van der Waals surface area (Å²) in [4.78, 5) is 12.3. The third kappa shape index (κ3) is 4.39. The lowest BCUT2D eigenvalue weighted by molar-refractivity contribution is -0.246. The molecule has 0 saturated heterocycles. The molecule has 0 radical (unpaired) electrons. The Balaban J connectivity index is 2.11. The monoisotopic (exact) mass is 460 g/mol. The minimum atomic E-state index is -5.04. The molecular weight excluding hydrogens is 433 g/mol. The summed E-state index contributed by atoms with van der Waals surface area (Å²) < 4.78 is 49.0. The lowest BCUT2D eigenvalue weighted by Gasteiger charge is -2.36. The fourth-order valence-corrected chi connectivity index (χ4v) is 3.98. The first-order chi connectivity index (χ1) is 15.4. The summed E-state index contributed by atoms with van der Waals surface area (Å²) in [6, 6.07) is 13.0. The quantitative estimate of drug-likeness (QED) is 0.515. The van der Waals surface area contributed by atoms with Crippen molar-refractivity contribution in [3.63, 3.8) is 0 Å². The second kappa shape index (κ2) is 9.02. The molecule has 1 aromatic heterocycles. The van der Waals surface area contributed by atoms with E-state index in [1.807, 2.05) is 19.9 Å². The summed E-state index contributed by atoms with van der Waals surface area (Å²) in [7, 11) is 1.47. The number of nitrogens with zero attached hydrogens (tertiary/aromatic N) is 2. The molecule has 3 rings (SSSR count). The molecule has 1 N–H and O–H groups in total. The number of hydrogen-bond acceptors (Lipinski definition) is 4. The Bertz CT molecular complexity index is 1250. The van der Waals surface area contributed by atoms with E-state index in [0.29, 0.717) is 28.4 Å². The van der Waals surface area contributed by atoms with Gasteiger partial charge in [-0.1, -0.05) is 44.2 Å². The topological polar surface area (TPSA) is 63.8 Å². The van der Waals surface area contributed by atoms with Crippen molar-refractivity contribution in [3.05, 3.63) is 75.6 Å². The number of fused-ring (bicyclic) bond motifs is 1. The Morgan fingerprint density at radius 1 is 1.06 bits per heavy atom. The lowest BCUT2D eigenvalue weighted by Crippen LogP contribution is -2.53. The van der Waals surface area contributed by atoms with Gasteiger partial charge in [0.25, 0.3) is 5.56 Å². The van der Waals surface area contributed by atoms with Gasteiger partial charge in [-0.15, -0.1) is 0 Å². The Kier molecular flexibility index (Phi) is 6.70. The molecule has 0 aliphatic carbocycles. The minimum Gasteiger partial charge on any atom is -0.496 e. The first-order valence-corrected chi connectivity index (χ1v) is 10.5. The molecule has 0 amide bonds. The molecule has 1 heterocycles. The highest BCUT2D eigenvalue weighted by Gasteiger charge is 2.58. The van der Waals surface area contributed by atoms with Gasteiger partial charge in [0.15, 0.2) is 0 Å². The summed E-state index contributed by atoms with van der Waals surface area (Å²) in [5.74, 6) is -1.61. The van der Waals surface area contributed by atoms with Crippen LogP contribution in [0.2, 0.25) is 0 Å². The first-order valence-electron chi connectivity index (χ1n) is 10.5. The summed E-state index contributed by atoms with van der Waals surface area (Å²) >= 11 is 0. The van der Waals surface area contributed by atoms with E-state index in [-0.39, 0.29) is 0 Å². The minimum absolute atomic E-state index is 0.335. The third-order valence-corrected chi connectivity index (χ3v) is 6.45. The maximum atomic E-state index is 14.2. The fraction of sp³-hybridized carbons (Fsp3) is 0.360. The number of aromatic nitrogens is 1. The number of halogens is 3. The van der Waals surface area contributed by atoms with Gasteiger partial charge < -0.3 is 9.84 Å². The van der Waals surface area contributed by atoms with Crippen LogP contribution in [0.4, 0.5) is 13.2 Å². The van der Waals surface area contributed by atoms with Crippen LogP contribution in [-0.2, 0) is 0 Å². The highest BCUT2D eigenvalue weighted by molar-refractivity contribution is 5.79. The van der Waals surface area contributed by atoms with Crippen LogP contribution in [-0.4, -0.2) is 34.9 Å². The van der Waals surface area contributed by atoms with Crippen molar-refractivity contribution in [3.8, 4) is 5.75 Å². The van der Waals surface area contributed by atoms with Gasteiger partial charge in [-0.3, -0.25) is 4.79 Å². The van der Waals surface area contributed by atoms with Crippen molar-refractivity contribution in [2.45, 2.75) is 45.4 Å². The second-order valence-corrected chi connectivity index (χ2v) is 8.32. The van der Waals surface area contributed by atoms with Gasteiger partial charge in [-0.2, -0.15) is 22.9 Å². The first kappa shape index (κ1) is 24.5. The van der Waals surface area contributed by atoms with Crippen molar-refractivity contribution >= 4 is 17.1 Å². The van der Waals surface area contributed by atoms with E-state index in [9.17, 15) is 23.1 Å². The molecule has 8 heteroatoms. The Hall–Kier alpha value is -3.13. The maximum absolute atomic E-state index is 14.2. The average molecular weight is 460 g/mol. The van der Waals surface area contributed by atoms with Gasteiger partial charge in [-0.25, -0.2) is 0 Å². The molecule has 33 heavy (non-hydrogen) atoms. The Labute approximate surface area is 190 Å². The van der Waals surface area contributed by atoms with Gasteiger partial charge in [0.05, 0.1) is 18.8 Å². The van der Waals surface area contributed by atoms with Gasteiger partial charge in [-0.05, 0) is 48.6 Å². The van der Waals surface area contributed by atoms with E-state index < -0.39 is 29.2 Å². The second-order valence-electron chi connectivity index (χ2n) is 8.32. The van der Waals surface area contributed by atoms with E-state index >= 15 is 0 Å². The molecule has 2 aromatic carbocycles. The van der Waals surface area contributed by atoms with Gasteiger partial charge in [0.1, 0.15) is 5.75 Å². The van der Waals surface area contributed by atoms with Crippen molar-refractivity contribution in [2.75, 3.05) is 7.11 Å². The number of para-hydroxylation sites is 1. The predicted molar refractivity (Wildman–Crippen MR) is 123 cm³/mol. The number of rotatable bonds is 6. The van der Waals surface area contributed by atoms with Crippen molar-refractivity contribution in [1.29, 1.82) is 0 Å². The molecule has 0 bridgehead atoms. The molecule has 176 valence electrons. The van der Waals surface area contributed by atoms with E-state index in [4.69, 9.17) is 4.74 Å². The van der Waals surface area contributed by atoms with Crippen molar-refractivity contribution in [1.82, 2.24) is 4.68 Å². The largest absolute Gasteiger partial charge is 0.496 e. The Morgan fingerprint density at radius 2 is 1.73 bits per heavy atom. The summed E-state index contributed by atoms with van der Waals surface area (Å²) in [5, 5.41) is 15.4. The number of pyridine rings is 1. The summed E-state index contributed by atoms with van der Waals surface area (Å²) in [6.07, 6.45) is -4.61. The molecule has 3 unspecified atom stereocenters. The number of ether oxygens (including phenoxy) is 1. The number of aryl methyl sites for hydroxylation is 1. The fourth-order valence-electron chi connectivity index (χ4n) is 3.98. The zero-order valence-electron chi connectivity index (χ0n) is 19.1. The molecule has 0 fully saturated rings. The molecule has 0 aliphatic heterocycles. The van der Waals surface area contributed by atoms with Crippen LogP contribution in [0, 0.1) is 19.8 Å². The number of aliphatic hydroxyl groups is 1. The molecule has 3 aromatic rings. The zero-order chi connectivity index (χ0) is 24.6. The van der Waals surface area contributed by atoms with E-state index in [2.05, 4.69) is 5.10 Å². The van der Waals surface area contributed by atoms with Gasteiger partial charge in [0, 0.05) is 17.4 Å². The third-order valence-electron chi connectivity index (χ3n) is 6.45. The molecule has 5 nitrogen and oxygen atoms in total. The molecule has 0 saturated carbocycles. The van der Waals surface area contributed by atoms with Crippen LogP contribution in [0.1, 0.15) is 36.5 Å².